The summed E-state index contributed by atoms with van der Waals surface area (Å²) >= 11 is 4.24. The Balaban J connectivity index is 1.53. The lowest BCUT2D eigenvalue weighted by Gasteiger charge is -2.03. The highest BCUT2D eigenvalue weighted by Crippen LogP contribution is 2.31. The summed E-state index contributed by atoms with van der Waals surface area (Å²) in [6.45, 7) is 1.74. The van der Waals surface area contributed by atoms with E-state index in [-0.39, 0.29) is 12.2 Å². The third-order valence-electron chi connectivity index (χ3n) is 3.42. The zero-order valence-corrected chi connectivity index (χ0v) is 15.4. The minimum absolute atomic E-state index is 0.0475. The van der Waals surface area contributed by atoms with Crippen LogP contribution in [0.5, 0.6) is 0 Å². The number of esters is 1. The number of hydrogen-bond donors (Lipinski definition) is 0. The van der Waals surface area contributed by atoms with Gasteiger partial charge in [0.05, 0.1) is 16.3 Å². The molecule has 0 aliphatic rings. The molecule has 0 saturated heterocycles. The fourth-order valence-corrected chi connectivity index (χ4v) is 4.75. The zero-order chi connectivity index (χ0) is 17.4. The van der Waals surface area contributed by atoms with E-state index in [1.54, 1.807) is 29.8 Å². The second kappa shape index (κ2) is 6.51. The molecule has 0 fully saturated rings. The summed E-state index contributed by atoms with van der Waals surface area (Å²) in [4.78, 5) is 35.1. The molecular formula is C16H11N3O3S3. The van der Waals surface area contributed by atoms with Gasteiger partial charge in [-0.1, -0.05) is 6.07 Å². The first-order valence-electron chi connectivity index (χ1n) is 7.26. The van der Waals surface area contributed by atoms with Crippen molar-refractivity contribution in [3.05, 3.63) is 61.8 Å². The van der Waals surface area contributed by atoms with Crippen LogP contribution in [0.25, 0.3) is 14.8 Å². The van der Waals surface area contributed by atoms with Crippen molar-refractivity contribution < 1.29 is 9.53 Å². The van der Waals surface area contributed by atoms with Crippen molar-refractivity contribution >= 4 is 44.9 Å². The fourth-order valence-electron chi connectivity index (χ4n) is 2.26. The van der Waals surface area contributed by atoms with Crippen LogP contribution in [0.3, 0.4) is 0 Å². The van der Waals surface area contributed by atoms with Crippen molar-refractivity contribution in [1.82, 2.24) is 14.4 Å². The lowest BCUT2D eigenvalue weighted by atomic mass is 10.4. The zero-order valence-electron chi connectivity index (χ0n) is 13.0. The van der Waals surface area contributed by atoms with Gasteiger partial charge in [0.25, 0.3) is 5.56 Å². The Morgan fingerprint density at radius 2 is 2.16 bits per heavy atom. The molecule has 0 saturated carbocycles. The summed E-state index contributed by atoms with van der Waals surface area (Å²) in [6, 6.07) is 5.29. The van der Waals surface area contributed by atoms with Gasteiger partial charge in [-0.15, -0.1) is 34.0 Å². The standard InChI is InChI=1S/C16H11N3O3S3/c1-9-13(25-14(17-9)11-3-2-5-23-11)15(21)22-8-10-7-12(20)19-4-6-24-16(19)18-10/h2-7H,8H2,1H3. The predicted octanol–water partition coefficient (Wildman–Crippen LogP) is 3.61. The maximum absolute atomic E-state index is 12.4. The number of aromatic nitrogens is 3. The van der Waals surface area contributed by atoms with Crippen LogP contribution < -0.4 is 5.56 Å². The molecule has 25 heavy (non-hydrogen) atoms. The third kappa shape index (κ3) is 3.13. The van der Waals surface area contributed by atoms with Gasteiger partial charge in [-0.3, -0.25) is 9.20 Å². The van der Waals surface area contributed by atoms with Gasteiger partial charge in [-0.05, 0) is 18.4 Å². The molecule has 4 aromatic heterocycles. The maximum Gasteiger partial charge on any atom is 0.350 e. The molecule has 0 unspecified atom stereocenters. The Labute approximate surface area is 154 Å². The molecule has 0 atom stereocenters. The highest BCUT2D eigenvalue weighted by atomic mass is 32.1. The van der Waals surface area contributed by atoms with Crippen LogP contribution >= 0.6 is 34.0 Å². The molecule has 0 aromatic carbocycles. The van der Waals surface area contributed by atoms with Gasteiger partial charge in [-0.25, -0.2) is 14.8 Å². The molecule has 6 nitrogen and oxygen atoms in total. The van der Waals surface area contributed by atoms with Crippen LogP contribution in [0.2, 0.25) is 0 Å². The molecule has 4 rings (SSSR count). The van der Waals surface area contributed by atoms with Crippen LogP contribution in [0.1, 0.15) is 21.1 Å². The number of thiazole rings is 2. The van der Waals surface area contributed by atoms with E-state index in [1.807, 2.05) is 17.5 Å². The normalized spacial score (nSPS) is 11.1. The van der Waals surface area contributed by atoms with Crippen LogP contribution in [-0.2, 0) is 11.3 Å². The van der Waals surface area contributed by atoms with E-state index in [2.05, 4.69) is 9.97 Å². The van der Waals surface area contributed by atoms with E-state index in [0.717, 1.165) is 9.88 Å². The van der Waals surface area contributed by atoms with Crippen molar-refractivity contribution in [2.75, 3.05) is 0 Å². The summed E-state index contributed by atoms with van der Waals surface area (Å²) in [6.07, 6.45) is 1.66. The second-order valence-electron chi connectivity index (χ2n) is 5.13. The largest absolute Gasteiger partial charge is 0.455 e. The maximum atomic E-state index is 12.4. The molecule has 4 heterocycles. The van der Waals surface area contributed by atoms with Crippen LogP contribution in [0.15, 0.2) is 40.0 Å². The van der Waals surface area contributed by atoms with Crippen molar-refractivity contribution in [3.63, 3.8) is 0 Å². The SMILES string of the molecule is Cc1nc(-c2cccs2)sc1C(=O)OCc1cc(=O)n2ccsc2n1. The minimum atomic E-state index is -0.453. The van der Waals surface area contributed by atoms with E-state index in [9.17, 15) is 9.59 Å². The van der Waals surface area contributed by atoms with E-state index in [0.29, 0.717) is 21.2 Å². The first-order valence-corrected chi connectivity index (χ1v) is 9.83. The van der Waals surface area contributed by atoms with Gasteiger partial charge in [-0.2, -0.15) is 0 Å². The highest BCUT2D eigenvalue weighted by Gasteiger charge is 2.18. The van der Waals surface area contributed by atoms with Gasteiger partial charge in [0.15, 0.2) is 4.96 Å². The lowest BCUT2D eigenvalue weighted by molar-refractivity contribution is 0.0472. The van der Waals surface area contributed by atoms with Gasteiger partial charge in [0.1, 0.15) is 16.5 Å². The molecule has 4 aromatic rings. The molecule has 0 spiro atoms. The van der Waals surface area contributed by atoms with Gasteiger partial charge < -0.3 is 4.74 Å². The second-order valence-corrected chi connectivity index (χ2v) is 7.95. The number of hydrogen-bond acceptors (Lipinski definition) is 8. The topological polar surface area (TPSA) is 73.6 Å². The highest BCUT2D eigenvalue weighted by molar-refractivity contribution is 7.22. The first kappa shape index (κ1) is 16.1. The number of fused-ring (bicyclic) bond motifs is 1. The molecule has 0 amide bonds. The first-order chi connectivity index (χ1) is 12.1. The van der Waals surface area contributed by atoms with Gasteiger partial charge >= 0.3 is 5.97 Å². The number of rotatable bonds is 4. The molecule has 0 aliphatic carbocycles. The molecule has 0 N–H and O–H groups in total. The quantitative estimate of drug-likeness (QED) is 0.499. The Morgan fingerprint density at radius 1 is 1.28 bits per heavy atom. The number of thiophene rings is 1. The molecule has 0 bridgehead atoms. The average molecular weight is 389 g/mol. The Morgan fingerprint density at radius 3 is 2.96 bits per heavy atom. The summed E-state index contributed by atoms with van der Waals surface area (Å²) in [7, 11) is 0. The fraction of sp³-hybridized carbons (Fsp3) is 0.125. The smallest absolute Gasteiger partial charge is 0.350 e. The third-order valence-corrected chi connectivity index (χ3v) is 6.35. The summed E-state index contributed by atoms with van der Waals surface area (Å²) < 4.78 is 6.79. The Kier molecular flexibility index (Phi) is 4.20. The molecule has 126 valence electrons. The molecular weight excluding hydrogens is 378 g/mol. The number of carbonyl (C=O) groups excluding carboxylic acids is 1. The minimum Gasteiger partial charge on any atom is -0.455 e. The van der Waals surface area contributed by atoms with Crippen LogP contribution in [0.4, 0.5) is 0 Å². The van der Waals surface area contributed by atoms with Crippen LogP contribution in [0, 0.1) is 6.92 Å². The van der Waals surface area contributed by atoms with E-state index >= 15 is 0 Å². The van der Waals surface area contributed by atoms with E-state index in [1.165, 1.54) is 33.1 Å². The number of ether oxygens (including phenoxy) is 1. The monoisotopic (exact) mass is 389 g/mol. The van der Waals surface area contributed by atoms with Crippen molar-refractivity contribution in [3.8, 4) is 9.88 Å². The molecule has 0 aliphatic heterocycles. The van der Waals surface area contributed by atoms with Gasteiger partial charge in [0, 0.05) is 17.6 Å². The van der Waals surface area contributed by atoms with E-state index in [4.69, 9.17) is 4.74 Å². The predicted molar refractivity (Wildman–Crippen MR) is 98.6 cm³/mol. The van der Waals surface area contributed by atoms with Crippen molar-refractivity contribution in [2.24, 2.45) is 0 Å². The summed E-state index contributed by atoms with van der Waals surface area (Å²) in [5.74, 6) is -0.453. The summed E-state index contributed by atoms with van der Waals surface area (Å²) in [5.41, 5.74) is 0.882. The summed E-state index contributed by atoms with van der Waals surface area (Å²) in [5, 5.41) is 4.55. The number of aryl methyl sites for hydroxylation is 1. The number of nitrogens with zero attached hydrogens (tertiary/aromatic N) is 3. The Bertz CT molecular complexity index is 1110. The molecule has 0 radical (unpaired) electrons. The van der Waals surface area contributed by atoms with Crippen molar-refractivity contribution in [1.29, 1.82) is 0 Å². The number of carbonyl (C=O) groups is 1. The molecule has 9 heteroatoms. The van der Waals surface area contributed by atoms with Crippen LogP contribution in [-0.4, -0.2) is 20.3 Å². The van der Waals surface area contributed by atoms with Gasteiger partial charge in [0.2, 0.25) is 0 Å². The average Bonchev–Trinajstić information content (AvgIpc) is 3.32. The van der Waals surface area contributed by atoms with Crippen molar-refractivity contribution in [2.45, 2.75) is 13.5 Å². The Hall–Kier alpha value is -2.36. The lowest BCUT2D eigenvalue weighted by Crippen LogP contribution is -2.14. The van der Waals surface area contributed by atoms with E-state index < -0.39 is 5.97 Å².